The number of nitrogens with zero attached hydrogens (tertiary/aromatic N) is 3. The van der Waals surface area contributed by atoms with Gasteiger partial charge in [-0.25, -0.2) is 0 Å². The van der Waals surface area contributed by atoms with Gasteiger partial charge in [0.05, 0.1) is 10.6 Å². The van der Waals surface area contributed by atoms with Crippen LogP contribution < -0.4 is 5.43 Å². The van der Waals surface area contributed by atoms with Gasteiger partial charge in [0.1, 0.15) is 0 Å². The van der Waals surface area contributed by atoms with E-state index < -0.39 is 4.92 Å². The van der Waals surface area contributed by atoms with Gasteiger partial charge in [-0.2, -0.15) is 5.10 Å². The van der Waals surface area contributed by atoms with E-state index in [9.17, 15) is 14.9 Å². The Kier molecular flexibility index (Phi) is 4.86. The number of benzene rings is 1. The van der Waals surface area contributed by atoms with Gasteiger partial charge in [-0.05, 0) is 31.4 Å². The van der Waals surface area contributed by atoms with E-state index in [2.05, 4.69) is 10.5 Å². The van der Waals surface area contributed by atoms with Crippen molar-refractivity contribution in [3.05, 3.63) is 34.4 Å². The van der Waals surface area contributed by atoms with Crippen molar-refractivity contribution in [1.29, 1.82) is 0 Å². The zero-order chi connectivity index (χ0) is 15.2. The van der Waals surface area contributed by atoms with E-state index in [0.717, 1.165) is 25.9 Å². The maximum Gasteiger partial charge on any atom is 0.269 e. The van der Waals surface area contributed by atoms with Crippen LogP contribution in [0.4, 0.5) is 11.4 Å². The highest BCUT2D eigenvalue weighted by molar-refractivity contribution is 6.37. The normalized spacial score (nSPS) is 15.7. The fraction of sp³-hybridized carbons (Fsp3) is 0.429. The molecule has 1 heterocycles. The molecule has 112 valence electrons. The number of nitro benzene ring substituents is 1. The maximum atomic E-state index is 11.7. The molecule has 1 aromatic rings. The number of nitrogens with one attached hydrogen (secondary N) is 1. The number of carbonyl (C=O) groups excluding carboxylic acids is 1. The maximum absolute atomic E-state index is 11.7. The Morgan fingerprint density at radius 2 is 1.86 bits per heavy atom. The Morgan fingerprint density at radius 3 is 2.38 bits per heavy atom. The molecule has 1 aliphatic heterocycles. The first-order chi connectivity index (χ1) is 10.1. The molecule has 2 rings (SSSR count). The molecule has 0 amide bonds. The number of hydrogen-bond donors (Lipinski definition) is 1. The van der Waals surface area contributed by atoms with Crippen molar-refractivity contribution in [1.82, 2.24) is 4.90 Å². The van der Waals surface area contributed by atoms with Crippen molar-refractivity contribution < 1.29 is 9.72 Å². The number of hydrazone groups is 1. The summed E-state index contributed by atoms with van der Waals surface area (Å²) in [6.07, 6.45) is 3.30. The summed E-state index contributed by atoms with van der Waals surface area (Å²) in [4.78, 5) is 23.8. The number of carbonyl (C=O) groups is 1. The van der Waals surface area contributed by atoms with Gasteiger partial charge in [0.2, 0.25) is 0 Å². The minimum atomic E-state index is -0.457. The average molecular weight is 290 g/mol. The molecule has 7 heteroatoms. The SMILES string of the molecule is CC(=O)/C(=N\Nc1ccc([N+](=O)[O-])cc1)N1CCCCC1. The monoisotopic (exact) mass is 290 g/mol. The van der Waals surface area contributed by atoms with Gasteiger partial charge < -0.3 is 4.90 Å². The number of ketones is 1. The van der Waals surface area contributed by atoms with Crippen LogP contribution in [0.1, 0.15) is 26.2 Å². The standard InChI is InChI=1S/C14H18N4O3/c1-11(19)14(17-9-3-2-4-10-17)16-15-12-5-7-13(8-6-12)18(20)21/h5-8,15H,2-4,9-10H2,1H3/b16-14+. The summed E-state index contributed by atoms with van der Waals surface area (Å²) in [7, 11) is 0. The predicted octanol–water partition coefficient (Wildman–Crippen LogP) is 2.40. The number of rotatable bonds is 4. The van der Waals surface area contributed by atoms with Crippen LogP contribution in [-0.2, 0) is 4.79 Å². The Balaban J connectivity index is 2.08. The molecule has 7 nitrogen and oxygen atoms in total. The third-order valence-corrected chi connectivity index (χ3v) is 3.34. The lowest BCUT2D eigenvalue weighted by molar-refractivity contribution is -0.384. The van der Waals surface area contributed by atoms with Gasteiger partial charge in [-0.3, -0.25) is 20.3 Å². The number of non-ortho nitro benzene ring substituents is 1. The largest absolute Gasteiger partial charge is 0.352 e. The molecule has 0 aliphatic carbocycles. The van der Waals surface area contributed by atoms with Gasteiger partial charge in [0.15, 0.2) is 11.6 Å². The van der Waals surface area contributed by atoms with Crippen LogP contribution in [0.3, 0.4) is 0 Å². The summed E-state index contributed by atoms with van der Waals surface area (Å²) < 4.78 is 0. The van der Waals surface area contributed by atoms with Crippen molar-refractivity contribution in [2.24, 2.45) is 5.10 Å². The highest BCUT2D eigenvalue weighted by Gasteiger charge is 2.18. The second kappa shape index (κ2) is 6.83. The van der Waals surface area contributed by atoms with Crippen LogP contribution >= 0.6 is 0 Å². The Hall–Kier alpha value is -2.44. The number of hydrogen-bond acceptors (Lipinski definition) is 5. The van der Waals surface area contributed by atoms with Crippen LogP contribution in [-0.4, -0.2) is 34.5 Å². The first-order valence-corrected chi connectivity index (χ1v) is 6.92. The molecule has 0 spiro atoms. The Morgan fingerprint density at radius 1 is 1.24 bits per heavy atom. The van der Waals surface area contributed by atoms with Crippen LogP contribution in [0.15, 0.2) is 29.4 Å². The van der Waals surface area contributed by atoms with Gasteiger partial charge in [0, 0.05) is 32.1 Å². The zero-order valence-electron chi connectivity index (χ0n) is 11.9. The van der Waals surface area contributed by atoms with E-state index in [4.69, 9.17) is 0 Å². The molecule has 21 heavy (non-hydrogen) atoms. The molecule has 0 radical (unpaired) electrons. The molecule has 0 atom stereocenters. The molecule has 0 bridgehead atoms. The third kappa shape index (κ3) is 4.01. The van der Waals surface area contributed by atoms with E-state index in [1.165, 1.54) is 25.5 Å². The van der Waals surface area contributed by atoms with E-state index in [1.807, 2.05) is 4.90 Å². The van der Waals surface area contributed by atoms with Crippen LogP contribution in [0.5, 0.6) is 0 Å². The Bertz CT molecular complexity index is 548. The predicted molar refractivity (Wildman–Crippen MR) is 80.3 cm³/mol. The van der Waals surface area contributed by atoms with E-state index in [1.54, 1.807) is 12.1 Å². The van der Waals surface area contributed by atoms with Gasteiger partial charge in [-0.15, -0.1) is 0 Å². The quantitative estimate of drug-likeness (QED) is 0.398. The molecule has 1 aromatic carbocycles. The molecule has 1 fully saturated rings. The summed E-state index contributed by atoms with van der Waals surface area (Å²) in [6, 6.07) is 5.92. The number of piperidine rings is 1. The minimum absolute atomic E-state index is 0.0207. The lowest BCUT2D eigenvalue weighted by Crippen LogP contribution is -2.39. The summed E-state index contributed by atoms with van der Waals surface area (Å²) in [6.45, 7) is 3.16. The number of nitro groups is 1. The van der Waals surface area contributed by atoms with Crippen LogP contribution in [0.25, 0.3) is 0 Å². The van der Waals surface area contributed by atoms with Gasteiger partial charge >= 0.3 is 0 Å². The second-order valence-electron chi connectivity index (χ2n) is 4.96. The molecule has 0 aromatic heterocycles. The lowest BCUT2D eigenvalue weighted by atomic mass is 10.1. The first kappa shape index (κ1) is 15.0. The summed E-state index contributed by atoms with van der Waals surface area (Å²) in [5, 5.41) is 14.7. The van der Waals surface area contributed by atoms with E-state index in [0.29, 0.717) is 11.5 Å². The van der Waals surface area contributed by atoms with Crippen molar-refractivity contribution in [2.75, 3.05) is 18.5 Å². The molecule has 0 saturated carbocycles. The molecule has 1 aliphatic rings. The van der Waals surface area contributed by atoms with Crippen LogP contribution in [0, 0.1) is 10.1 Å². The molecule has 1 saturated heterocycles. The summed E-state index contributed by atoms with van der Waals surface area (Å²) in [5.74, 6) is 0.319. The first-order valence-electron chi connectivity index (χ1n) is 6.92. The molecule has 0 unspecified atom stereocenters. The van der Waals surface area contributed by atoms with Gasteiger partial charge in [0.25, 0.3) is 5.69 Å². The lowest BCUT2D eigenvalue weighted by Gasteiger charge is -2.28. The second-order valence-corrected chi connectivity index (χ2v) is 4.96. The molecular formula is C14H18N4O3. The van der Waals surface area contributed by atoms with Crippen LogP contribution in [0.2, 0.25) is 0 Å². The smallest absolute Gasteiger partial charge is 0.269 e. The average Bonchev–Trinajstić information content (AvgIpc) is 2.48. The minimum Gasteiger partial charge on any atom is -0.352 e. The number of anilines is 1. The van der Waals surface area contributed by atoms with Gasteiger partial charge in [-0.1, -0.05) is 0 Å². The Labute approximate surface area is 122 Å². The number of Topliss-reactive ketones (excluding diaryl/α,β-unsaturated/α-hetero) is 1. The number of amidine groups is 1. The topological polar surface area (TPSA) is 87.8 Å². The summed E-state index contributed by atoms with van der Waals surface area (Å²) in [5.41, 5.74) is 3.42. The molecule has 1 N–H and O–H groups in total. The highest BCUT2D eigenvalue weighted by atomic mass is 16.6. The van der Waals surface area contributed by atoms with E-state index >= 15 is 0 Å². The van der Waals surface area contributed by atoms with Crippen molar-refractivity contribution in [2.45, 2.75) is 26.2 Å². The van der Waals surface area contributed by atoms with E-state index in [-0.39, 0.29) is 11.5 Å². The third-order valence-electron chi connectivity index (χ3n) is 3.34. The molecular weight excluding hydrogens is 272 g/mol. The number of likely N-dealkylation sites (tertiary alicyclic amines) is 1. The van der Waals surface area contributed by atoms with Crippen molar-refractivity contribution in [3.8, 4) is 0 Å². The highest BCUT2D eigenvalue weighted by Crippen LogP contribution is 2.16. The summed E-state index contributed by atoms with van der Waals surface area (Å²) >= 11 is 0. The zero-order valence-corrected chi connectivity index (χ0v) is 11.9. The fourth-order valence-electron chi connectivity index (χ4n) is 2.25. The fourth-order valence-corrected chi connectivity index (χ4v) is 2.25. The van der Waals surface area contributed by atoms with Crippen molar-refractivity contribution >= 4 is 23.0 Å². The van der Waals surface area contributed by atoms with Crippen molar-refractivity contribution in [3.63, 3.8) is 0 Å².